The van der Waals surface area contributed by atoms with Crippen LogP contribution in [0.2, 0.25) is 0 Å². The maximum atomic E-state index is 8.93. The number of likely N-dealkylation sites (tertiary alicyclic amines) is 1. The molecule has 1 aromatic heterocycles. The minimum Gasteiger partial charge on any atom is -0.357 e. The first-order chi connectivity index (χ1) is 9.85. The molecule has 0 atom stereocenters. The van der Waals surface area contributed by atoms with Crippen LogP contribution >= 0.6 is 0 Å². The number of pyridine rings is 1. The smallest absolute Gasteiger partial charge is 0.142 e. The molecule has 0 spiro atoms. The zero-order valence-electron chi connectivity index (χ0n) is 12.0. The second-order valence-corrected chi connectivity index (χ2v) is 5.93. The molecule has 4 heteroatoms. The van der Waals surface area contributed by atoms with Gasteiger partial charge in [0.1, 0.15) is 17.6 Å². The quantitative estimate of drug-likeness (QED) is 0.845. The van der Waals surface area contributed by atoms with Gasteiger partial charge < -0.3 is 9.80 Å². The first-order valence-electron chi connectivity index (χ1n) is 7.69. The van der Waals surface area contributed by atoms with Gasteiger partial charge in [-0.2, -0.15) is 5.26 Å². The fourth-order valence-corrected chi connectivity index (χ4v) is 3.34. The fourth-order valence-electron chi connectivity index (χ4n) is 3.34. The number of nitriles is 1. The molecule has 3 heterocycles. The van der Waals surface area contributed by atoms with Crippen LogP contribution in [0.5, 0.6) is 0 Å². The van der Waals surface area contributed by atoms with Crippen LogP contribution in [-0.2, 0) is 0 Å². The van der Waals surface area contributed by atoms with Crippen LogP contribution in [0.4, 0.5) is 5.82 Å². The van der Waals surface area contributed by atoms with Gasteiger partial charge in [-0.15, -0.1) is 0 Å². The van der Waals surface area contributed by atoms with Crippen LogP contribution < -0.4 is 4.90 Å². The van der Waals surface area contributed by atoms with E-state index in [4.69, 9.17) is 5.26 Å². The van der Waals surface area contributed by atoms with E-state index in [1.54, 1.807) is 6.07 Å². The molecule has 2 saturated heterocycles. The highest BCUT2D eigenvalue weighted by Gasteiger charge is 2.23. The van der Waals surface area contributed by atoms with E-state index in [1.807, 2.05) is 12.1 Å². The van der Waals surface area contributed by atoms with Gasteiger partial charge in [0.05, 0.1) is 0 Å². The van der Waals surface area contributed by atoms with Crippen LogP contribution in [0.25, 0.3) is 0 Å². The molecule has 4 nitrogen and oxygen atoms in total. The number of anilines is 1. The molecule has 0 unspecified atom stereocenters. The Kier molecular flexibility index (Phi) is 4.17. The van der Waals surface area contributed by atoms with Crippen molar-refractivity contribution in [3.05, 3.63) is 23.9 Å². The van der Waals surface area contributed by atoms with Crippen LogP contribution in [0.1, 0.15) is 31.4 Å². The van der Waals surface area contributed by atoms with Crippen molar-refractivity contribution < 1.29 is 0 Å². The maximum absolute atomic E-state index is 8.93. The van der Waals surface area contributed by atoms with Crippen molar-refractivity contribution in [2.75, 3.05) is 37.6 Å². The summed E-state index contributed by atoms with van der Waals surface area (Å²) in [7, 11) is 0. The number of hydrogen-bond acceptors (Lipinski definition) is 4. The van der Waals surface area contributed by atoms with Gasteiger partial charge in [0, 0.05) is 19.6 Å². The molecule has 0 saturated carbocycles. The first-order valence-corrected chi connectivity index (χ1v) is 7.69. The third kappa shape index (κ3) is 3.10. The van der Waals surface area contributed by atoms with Gasteiger partial charge in [-0.1, -0.05) is 6.07 Å². The van der Waals surface area contributed by atoms with E-state index in [0.29, 0.717) is 5.69 Å². The van der Waals surface area contributed by atoms with Gasteiger partial charge in [0.15, 0.2) is 0 Å². The highest BCUT2D eigenvalue weighted by Crippen LogP contribution is 2.23. The predicted molar refractivity (Wildman–Crippen MR) is 79.6 cm³/mol. The number of nitrogens with zero attached hydrogens (tertiary/aromatic N) is 4. The van der Waals surface area contributed by atoms with Crippen molar-refractivity contribution in [1.29, 1.82) is 5.26 Å². The van der Waals surface area contributed by atoms with Crippen molar-refractivity contribution in [1.82, 2.24) is 9.88 Å². The normalized spacial score (nSPS) is 21.1. The van der Waals surface area contributed by atoms with Crippen LogP contribution in [0.15, 0.2) is 18.2 Å². The van der Waals surface area contributed by atoms with Crippen LogP contribution in [0.3, 0.4) is 0 Å². The summed E-state index contributed by atoms with van der Waals surface area (Å²) >= 11 is 0. The number of aromatic nitrogens is 1. The SMILES string of the molecule is N#Cc1cccc(N2CCC(CN3CCCC3)CC2)n1. The predicted octanol–water partition coefficient (Wildman–Crippen LogP) is 2.27. The third-order valence-electron chi connectivity index (χ3n) is 4.50. The Morgan fingerprint density at radius 3 is 2.60 bits per heavy atom. The van der Waals surface area contributed by atoms with Gasteiger partial charge >= 0.3 is 0 Å². The number of piperidine rings is 1. The van der Waals surface area contributed by atoms with E-state index >= 15 is 0 Å². The first kappa shape index (κ1) is 13.4. The average molecular weight is 270 g/mol. The van der Waals surface area contributed by atoms with Crippen molar-refractivity contribution in [3.8, 4) is 6.07 Å². The number of rotatable bonds is 3. The summed E-state index contributed by atoms with van der Waals surface area (Å²) in [5.74, 6) is 1.80. The largest absolute Gasteiger partial charge is 0.357 e. The topological polar surface area (TPSA) is 43.2 Å². The van der Waals surface area contributed by atoms with E-state index < -0.39 is 0 Å². The summed E-state index contributed by atoms with van der Waals surface area (Å²) < 4.78 is 0. The highest BCUT2D eigenvalue weighted by atomic mass is 15.2. The summed E-state index contributed by atoms with van der Waals surface area (Å²) in [6, 6.07) is 7.83. The number of hydrogen-bond donors (Lipinski definition) is 0. The van der Waals surface area contributed by atoms with Gasteiger partial charge in [-0.25, -0.2) is 4.98 Å². The lowest BCUT2D eigenvalue weighted by molar-refractivity contribution is 0.249. The molecule has 0 N–H and O–H groups in total. The zero-order valence-corrected chi connectivity index (χ0v) is 12.0. The van der Waals surface area contributed by atoms with E-state index in [-0.39, 0.29) is 0 Å². The zero-order chi connectivity index (χ0) is 13.8. The van der Waals surface area contributed by atoms with E-state index in [0.717, 1.165) is 24.8 Å². The summed E-state index contributed by atoms with van der Waals surface area (Å²) in [4.78, 5) is 9.34. The second kappa shape index (κ2) is 6.23. The Morgan fingerprint density at radius 2 is 1.90 bits per heavy atom. The van der Waals surface area contributed by atoms with Gasteiger partial charge in [0.25, 0.3) is 0 Å². The lowest BCUT2D eigenvalue weighted by atomic mass is 9.96. The van der Waals surface area contributed by atoms with Crippen molar-refractivity contribution >= 4 is 5.82 Å². The Morgan fingerprint density at radius 1 is 1.15 bits per heavy atom. The standard InChI is InChI=1S/C16H22N4/c17-12-15-4-3-5-16(18-15)20-10-6-14(7-11-20)13-19-8-1-2-9-19/h3-5,14H,1-2,6-11,13H2. The molecule has 0 radical (unpaired) electrons. The maximum Gasteiger partial charge on any atom is 0.142 e. The van der Waals surface area contributed by atoms with Gasteiger partial charge in [0.2, 0.25) is 0 Å². The molecule has 0 aliphatic carbocycles. The van der Waals surface area contributed by atoms with E-state index in [1.165, 1.54) is 45.3 Å². The summed E-state index contributed by atoms with van der Waals surface area (Å²) in [5.41, 5.74) is 0.515. The lowest BCUT2D eigenvalue weighted by Gasteiger charge is -2.34. The summed E-state index contributed by atoms with van der Waals surface area (Å²) in [6.07, 6.45) is 5.25. The van der Waals surface area contributed by atoms with E-state index in [2.05, 4.69) is 20.9 Å². The molecule has 2 fully saturated rings. The minimum absolute atomic E-state index is 0.515. The van der Waals surface area contributed by atoms with Gasteiger partial charge in [-0.3, -0.25) is 0 Å². The molecule has 0 aromatic carbocycles. The molecule has 0 amide bonds. The Labute approximate surface area is 121 Å². The fraction of sp³-hybridized carbons (Fsp3) is 0.625. The van der Waals surface area contributed by atoms with Crippen molar-refractivity contribution in [2.24, 2.45) is 5.92 Å². The van der Waals surface area contributed by atoms with Crippen molar-refractivity contribution in [3.63, 3.8) is 0 Å². The lowest BCUT2D eigenvalue weighted by Crippen LogP contribution is -2.38. The Bertz CT molecular complexity index is 479. The minimum atomic E-state index is 0.515. The van der Waals surface area contributed by atoms with Crippen molar-refractivity contribution in [2.45, 2.75) is 25.7 Å². The highest BCUT2D eigenvalue weighted by molar-refractivity contribution is 5.41. The van der Waals surface area contributed by atoms with E-state index in [9.17, 15) is 0 Å². The average Bonchev–Trinajstić information content (AvgIpc) is 3.01. The molecule has 20 heavy (non-hydrogen) atoms. The third-order valence-corrected chi connectivity index (χ3v) is 4.50. The summed E-state index contributed by atoms with van der Waals surface area (Å²) in [5, 5.41) is 8.93. The molecule has 0 bridgehead atoms. The molecular weight excluding hydrogens is 248 g/mol. The second-order valence-electron chi connectivity index (χ2n) is 5.93. The molecule has 2 aliphatic heterocycles. The molecule has 106 valence electrons. The van der Waals surface area contributed by atoms with Crippen LogP contribution in [-0.4, -0.2) is 42.6 Å². The molecule has 3 rings (SSSR count). The molecular formula is C16H22N4. The Balaban J connectivity index is 1.53. The summed E-state index contributed by atoms with van der Waals surface area (Å²) in [6.45, 7) is 6.01. The monoisotopic (exact) mass is 270 g/mol. The molecule has 2 aliphatic rings. The Hall–Kier alpha value is -1.60. The van der Waals surface area contributed by atoms with Gasteiger partial charge in [-0.05, 0) is 56.8 Å². The molecule has 1 aromatic rings. The van der Waals surface area contributed by atoms with Crippen LogP contribution in [0, 0.1) is 17.2 Å².